The lowest BCUT2D eigenvalue weighted by molar-refractivity contribution is -0.120. The van der Waals surface area contributed by atoms with E-state index in [0.29, 0.717) is 48.6 Å². The minimum absolute atomic E-state index is 0.00389. The molecule has 2 fully saturated rings. The van der Waals surface area contributed by atoms with Crippen molar-refractivity contribution in [3.63, 3.8) is 0 Å². The molecule has 2 heterocycles. The number of aryl methyl sites for hydroxylation is 3. The van der Waals surface area contributed by atoms with Gasteiger partial charge in [-0.2, -0.15) is 4.31 Å². The first-order chi connectivity index (χ1) is 17.1. The fraction of sp³-hybridized carbons (Fsp3) is 0.481. The zero-order valence-electron chi connectivity index (χ0n) is 21.6. The molecular weight excluding hydrogens is 476 g/mol. The maximum absolute atomic E-state index is 13.5. The van der Waals surface area contributed by atoms with Gasteiger partial charge in [0.1, 0.15) is 0 Å². The van der Waals surface area contributed by atoms with Crippen molar-refractivity contribution in [2.24, 2.45) is 5.92 Å². The van der Waals surface area contributed by atoms with Gasteiger partial charge in [0, 0.05) is 50.5 Å². The van der Waals surface area contributed by atoms with Crippen LogP contribution in [0.5, 0.6) is 0 Å². The van der Waals surface area contributed by atoms with Gasteiger partial charge in [0.2, 0.25) is 15.9 Å². The molecule has 2 aromatic carbocycles. The second-order valence-corrected chi connectivity index (χ2v) is 12.0. The smallest absolute Gasteiger partial charge is 0.253 e. The Morgan fingerprint density at radius 3 is 2.14 bits per heavy atom. The number of hydrogen-bond acceptors (Lipinski definition) is 5. The maximum atomic E-state index is 13.5. The van der Waals surface area contributed by atoms with Crippen LogP contribution in [0.3, 0.4) is 0 Å². The van der Waals surface area contributed by atoms with E-state index < -0.39 is 15.9 Å². The number of anilines is 1. The van der Waals surface area contributed by atoms with Crippen molar-refractivity contribution in [3.05, 3.63) is 58.7 Å². The predicted octanol–water partition coefficient (Wildman–Crippen LogP) is 3.04. The Kier molecular flexibility index (Phi) is 7.82. The van der Waals surface area contributed by atoms with E-state index in [4.69, 9.17) is 0 Å². The van der Waals surface area contributed by atoms with Gasteiger partial charge >= 0.3 is 0 Å². The molecule has 0 saturated carbocycles. The third kappa shape index (κ3) is 5.63. The molecule has 0 aromatic heterocycles. The molecule has 0 bridgehead atoms. The summed E-state index contributed by atoms with van der Waals surface area (Å²) < 4.78 is 28.4. The molecule has 0 unspecified atom stereocenters. The van der Waals surface area contributed by atoms with Crippen LogP contribution >= 0.6 is 0 Å². The second kappa shape index (κ2) is 10.7. The van der Waals surface area contributed by atoms with Gasteiger partial charge in [-0.15, -0.1) is 0 Å². The summed E-state index contributed by atoms with van der Waals surface area (Å²) in [6, 6.07) is 10.7. The first-order valence-electron chi connectivity index (χ1n) is 12.5. The molecule has 2 aromatic rings. The molecule has 36 heavy (non-hydrogen) atoms. The van der Waals surface area contributed by atoms with Crippen LogP contribution in [0.15, 0.2) is 41.3 Å². The van der Waals surface area contributed by atoms with E-state index in [-0.39, 0.29) is 18.4 Å². The van der Waals surface area contributed by atoms with Crippen molar-refractivity contribution in [1.29, 1.82) is 0 Å². The minimum Gasteiger partial charge on any atom is -0.336 e. The molecule has 2 aliphatic heterocycles. The molecule has 1 N–H and O–H groups in total. The number of amides is 2. The third-order valence-corrected chi connectivity index (χ3v) is 9.32. The number of piperidine rings is 1. The Balaban J connectivity index is 1.40. The Labute approximate surface area is 214 Å². The predicted molar refractivity (Wildman–Crippen MR) is 141 cm³/mol. The average Bonchev–Trinajstić information content (AvgIpc) is 2.84. The number of carbonyl (C=O) groups is 2. The van der Waals surface area contributed by atoms with Crippen LogP contribution in [0, 0.1) is 26.7 Å². The summed E-state index contributed by atoms with van der Waals surface area (Å²) in [6.07, 6.45) is 1.25. The van der Waals surface area contributed by atoms with Gasteiger partial charge in [-0.25, -0.2) is 8.42 Å². The summed E-state index contributed by atoms with van der Waals surface area (Å²) in [5.74, 6) is -0.646. The zero-order valence-corrected chi connectivity index (χ0v) is 22.4. The van der Waals surface area contributed by atoms with Crippen molar-refractivity contribution >= 4 is 27.5 Å². The van der Waals surface area contributed by atoms with E-state index in [9.17, 15) is 18.0 Å². The maximum Gasteiger partial charge on any atom is 0.253 e. The third-order valence-electron chi connectivity index (χ3n) is 7.15. The summed E-state index contributed by atoms with van der Waals surface area (Å²) >= 11 is 0. The van der Waals surface area contributed by atoms with Crippen LogP contribution in [0.1, 0.15) is 39.9 Å². The van der Waals surface area contributed by atoms with E-state index in [1.165, 1.54) is 4.31 Å². The lowest BCUT2D eigenvalue weighted by Gasteiger charge is -2.32. The molecule has 0 radical (unpaired) electrons. The number of nitrogens with zero attached hydrogens (tertiary/aromatic N) is 3. The van der Waals surface area contributed by atoms with Crippen molar-refractivity contribution in [2.45, 2.75) is 38.5 Å². The first-order valence-corrected chi connectivity index (χ1v) is 14.0. The van der Waals surface area contributed by atoms with Gasteiger partial charge in [0.25, 0.3) is 5.91 Å². The number of hydrogen-bond donors (Lipinski definition) is 1. The lowest BCUT2D eigenvalue weighted by Crippen LogP contribution is -2.47. The van der Waals surface area contributed by atoms with E-state index >= 15 is 0 Å². The van der Waals surface area contributed by atoms with Crippen molar-refractivity contribution in [3.8, 4) is 0 Å². The fourth-order valence-electron chi connectivity index (χ4n) is 5.21. The summed E-state index contributed by atoms with van der Waals surface area (Å²) in [5, 5.41) is 2.91. The number of carbonyl (C=O) groups excluding carboxylic acids is 2. The summed E-state index contributed by atoms with van der Waals surface area (Å²) in [6.45, 7) is 9.27. The number of rotatable bonds is 5. The number of likely N-dealkylation sites (N-methyl/N-ethyl adjacent to an activating group) is 1. The van der Waals surface area contributed by atoms with Crippen molar-refractivity contribution < 1.29 is 18.0 Å². The van der Waals surface area contributed by atoms with Crippen molar-refractivity contribution in [2.75, 3.05) is 51.6 Å². The summed E-state index contributed by atoms with van der Waals surface area (Å²) in [7, 11) is -1.65. The largest absolute Gasteiger partial charge is 0.336 e. The van der Waals surface area contributed by atoms with E-state index in [1.807, 2.05) is 44.9 Å². The number of sulfonamides is 1. The Hall–Kier alpha value is -2.75. The molecule has 2 aliphatic rings. The molecule has 8 nitrogen and oxygen atoms in total. The van der Waals surface area contributed by atoms with E-state index in [2.05, 4.69) is 10.2 Å². The highest BCUT2D eigenvalue weighted by Gasteiger charge is 2.35. The molecule has 4 rings (SSSR count). The quantitative estimate of drug-likeness (QED) is 0.665. The lowest BCUT2D eigenvalue weighted by atomic mass is 9.98. The van der Waals surface area contributed by atoms with Gasteiger partial charge in [0.05, 0.1) is 10.8 Å². The first kappa shape index (κ1) is 26.3. The topological polar surface area (TPSA) is 90.0 Å². The number of nitrogens with one attached hydrogen (secondary N) is 1. The normalized spacial score (nSPS) is 19.8. The van der Waals surface area contributed by atoms with Crippen LogP contribution in [0.2, 0.25) is 0 Å². The van der Waals surface area contributed by atoms with Crippen molar-refractivity contribution in [1.82, 2.24) is 14.1 Å². The highest BCUT2D eigenvalue weighted by Crippen LogP contribution is 2.29. The Bertz CT molecular complexity index is 1210. The summed E-state index contributed by atoms with van der Waals surface area (Å²) in [5.41, 5.74) is 3.67. The zero-order chi connectivity index (χ0) is 26.0. The van der Waals surface area contributed by atoms with Gasteiger partial charge in [-0.3, -0.25) is 9.59 Å². The molecule has 2 saturated heterocycles. The highest BCUT2D eigenvalue weighted by atomic mass is 32.2. The number of piperazine rings is 1. The molecule has 9 heteroatoms. The van der Waals surface area contributed by atoms with E-state index in [0.717, 1.165) is 29.8 Å². The molecular formula is C27H36N4O4S. The van der Waals surface area contributed by atoms with Gasteiger partial charge in [0.15, 0.2) is 0 Å². The van der Waals surface area contributed by atoms with Gasteiger partial charge in [-0.1, -0.05) is 17.7 Å². The Morgan fingerprint density at radius 2 is 1.53 bits per heavy atom. The van der Waals surface area contributed by atoms with Crippen LogP contribution < -0.4 is 5.32 Å². The van der Waals surface area contributed by atoms with Crippen LogP contribution in [-0.2, 0) is 14.8 Å². The standard InChI is InChI=1S/C27H36N4O4S/c1-19-16-20(2)25(21(3)17-19)36(34,35)31-11-5-6-23(18-31)26(32)28-24-9-7-22(8-10-24)27(33)30-14-12-29(4)13-15-30/h7-10,16-17,23H,5-6,11-15,18H2,1-4H3,(H,28,32)/t23-/m1/s1. The highest BCUT2D eigenvalue weighted by molar-refractivity contribution is 7.89. The molecule has 0 spiro atoms. The number of benzene rings is 2. The summed E-state index contributed by atoms with van der Waals surface area (Å²) in [4.78, 5) is 30.2. The monoisotopic (exact) mass is 512 g/mol. The SMILES string of the molecule is Cc1cc(C)c(S(=O)(=O)N2CCC[C@@H](C(=O)Nc3ccc(C(=O)N4CCN(C)CC4)cc3)C2)c(C)c1. The average molecular weight is 513 g/mol. The van der Waals surface area contributed by atoms with Crippen LogP contribution in [0.4, 0.5) is 5.69 Å². The molecule has 194 valence electrons. The van der Waals surface area contributed by atoms with Crippen LogP contribution in [-0.4, -0.2) is 80.7 Å². The second-order valence-electron chi connectivity index (χ2n) is 10.1. The van der Waals surface area contributed by atoms with Gasteiger partial charge in [-0.05, 0) is 76.1 Å². The van der Waals surface area contributed by atoms with Gasteiger partial charge < -0.3 is 15.1 Å². The van der Waals surface area contributed by atoms with E-state index in [1.54, 1.807) is 24.3 Å². The molecule has 0 aliphatic carbocycles. The van der Waals surface area contributed by atoms with Crippen LogP contribution in [0.25, 0.3) is 0 Å². The molecule has 2 amide bonds. The molecule has 1 atom stereocenters. The minimum atomic E-state index is -3.70. The Morgan fingerprint density at radius 1 is 0.917 bits per heavy atom. The fourth-order valence-corrected chi connectivity index (χ4v) is 7.15.